The molecule has 0 aromatic heterocycles. The van der Waals surface area contributed by atoms with Crippen LogP contribution in [0.5, 0.6) is 0 Å². The zero-order chi connectivity index (χ0) is 11.8. The van der Waals surface area contributed by atoms with E-state index in [1.54, 1.807) is 24.3 Å². The van der Waals surface area contributed by atoms with E-state index in [1.165, 1.54) is 18.2 Å². The molecule has 1 heterocycles. The SMILES string of the molecule is Fc1ccc(C2NCc3ccc(F)cc32)cc1. The van der Waals surface area contributed by atoms with Crippen LogP contribution in [0.4, 0.5) is 8.78 Å². The Kier molecular flexibility index (Phi) is 2.41. The Balaban J connectivity index is 2.03. The van der Waals surface area contributed by atoms with Crippen LogP contribution in [0.25, 0.3) is 0 Å². The highest BCUT2D eigenvalue weighted by Gasteiger charge is 2.23. The van der Waals surface area contributed by atoms with Crippen molar-refractivity contribution in [2.75, 3.05) is 0 Å². The highest BCUT2D eigenvalue weighted by atomic mass is 19.1. The van der Waals surface area contributed by atoms with Crippen molar-refractivity contribution in [2.24, 2.45) is 0 Å². The predicted octanol–water partition coefficient (Wildman–Crippen LogP) is 3.16. The molecule has 17 heavy (non-hydrogen) atoms. The molecular formula is C14H11F2N. The lowest BCUT2D eigenvalue weighted by Gasteiger charge is -2.12. The van der Waals surface area contributed by atoms with Gasteiger partial charge in [-0.3, -0.25) is 0 Å². The van der Waals surface area contributed by atoms with E-state index in [1.807, 2.05) is 0 Å². The van der Waals surface area contributed by atoms with E-state index >= 15 is 0 Å². The Hall–Kier alpha value is -1.74. The van der Waals surface area contributed by atoms with Crippen molar-refractivity contribution >= 4 is 0 Å². The molecular weight excluding hydrogens is 220 g/mol. The number of benzene rings is 2. The topological polar surface area (TPSA) is 12.0 Å². The molecule has 86 valence electrons. The summed E-state index contributed by atoms with van der Waals surface area (Å²) >= 11 is 0. The van der Waals surface area contributed by atoms with Crippen molar-refractivity contribution in [1.29, 1.82) is 0 Å². The summed E-state index contributed by atoms with van der Waals surface area (Å²) in [6, 6.07) is 11.1. The Bertz CT molecular complexity index is 549. The van der Waals surface area contributed by atoms with E-state index in [2.05, 4.69) is 5.32 Å². The van der Waals surface area contributed by atoms with Crippen molar-refractivity contribution in [1.82, 2.24) is 5.32 Å². The number of halogens is 2. The average Bonchev–Trinajstić information content (AvgIpc) is 2.73. The minimum Gasteiger partial charge on any atom is -0.302 e. The largest absolute Gasteiger partial charge is 0.302 e. The first-order valence-electron chi connectivity index (χ1n) is 5.51. The van der Waals surface area contributed by atoms with E-state index < -0.39 is 0 Å². The summed E-state index contributed by atoms with van der Waals surface area (Å²) in [6.07, 6.45) is 0. The summed E-state index contributed by atoms with van der Waals surface area (Å²) in [5, 5.41) is 3.30. The van der Waals surface area contributed by atoms with E-state index in [0.29, 0.717) is 0 Å². The molecule has 0 bridgehead atoms. The molecule has 2 aromatic carbocycles. The first-order valence-corrected chi connectivity index (χ1v) is 5.51. The highest BCUT2D eigenvalue weighted by molar-refractivity contribution is 5.41. The van der Waals surface area contributed by atoms with Gasteiger partial charge in [0.15, 0.2) is 0 Å². The molecule has 0 fully saturated rings. The van der Waals surface area contributed by atoms with Crippen LogP contribution in [-0.4, -0.2) is 0 Å². The molecule has 0 spiro atoms. The van der Waals surface area contributed by atoms with Gasteiger partial charge in [-0.15, -0.1) is 0 Å². The molecule has 0 saturated heterocycles. The third-order valence-electron chi connectivity index (χ3n) is 3.12. The third-order valence-corrected chi connectivity index (χ3v) is 3.12. The van der Waals surface area contributed by atoms with Crippen molar-refractivity contribution in [3.63, 3.8) is 0 Å². The second-order valence-electron chi connectivity index (χ2n) is 4.21. The van der Waals surface area contributed by atoms with Gasteiger partial charge in [0, 0.05) is 6.54 Å². The summed E-state index contributed by atoms with van der Waals surface area (Å²) in [5.74, 6) is -0.495. The molecule has 1 aliphatic rings. The first-order chi connectivity index (χ1) is 8.24. The monoisotopic (exact) mass is 231 g/mol. The minimum atomic E-state index is -0.258. The maximum Gasteiger partial charge on any atom is 0.123 e. The molecule has 1 atom stereocenters. The van der Waals surface area contributed by atoms with Gasteiger partial charge >= 0.3 is 0 Å². The van der Waals surface area contributed by atoms with E-state index in [4.69, 9.17) is 0 Å². The van der Waals surface area contributed by atoms with Gasteiger partial charge in [-0.2, -0.15) is 0 Å². The van der Waals surface area contributed by atoms with Crippen molar-refractivity contribution in [2.45, 2.75) is 12.6 Å². The number of fused-ring (bicyclic) bond motifs is 1. The number of hydrogen-bond acceptors (Lipinski definition) is 1. The fourth-order valence-corrected chi connectivity index (χ4v) is 2.27. The zero-order valence-corrected chi connectivity index (χ0v) is 9.08. The fourth-order valence-electron chi connectivity index (χ4n) is 2.27. The quantitative estimate of drug-likeness (QED) is 0.795. The Labute approximate surface area is 98.1 Å². The van der Waals surface area contributed by atoms with Crippen LogP contribution in [0.1, 0.15) is 22.7 Å². The predicted molar refractivity (Wildman–Crippen MR) is 61.5 cm³/mol. The average molecular weight is 231 g/mol. The standard InChI is InChI=1S/C14H11F2N/c15-11-4-1-9(2-5-11)14-13-7-12(16)6-3-10(13)8-17-14/h1-7,14,17H,8H2. The molecule has 3 rings (SSSR count). The van der Waals surface area contributed by atoms with Crippen LogP contribution in [-0.2, 0) is 6.54 Å². The van der Waals surface area contributed by atoms with Crippen LogP contribution >= 0.6 is 0 Å². The van der Waals surface area contributed by atoms with Gasteiger partial charge in [0.25, 0.3) is 0 Å². The molecule has 0 radical (unpaired) electrons. The lowest BCUT2D eigenvalue weighted by molar-refractivity contribution is 0.616. The van der Waals surface area contributed by atoms with Gasteiger partial charge in [0.2, 0.25) is 0 Å². The molecule has 1 unspecified atom stereocenters. The normalized spacial score (nSPS) is 18.1. The Morgan fingerprint density at radius 2 is 1.65 bits per heavy atom. The minimum absolute atomic E-state index is 0.0405. The van der Waals surface area contributed by atoms with Crippen LogP contribution < -0.4 is 5.32 Å². The molecule has 1 N–H and O–H groups in total. The second-order valence-corrected chi connectivity index (χ2v) is 4.21. The first kappa shape index (κ1) is 10.4. The lowest BCUT2D eigenvalue weighted by atomic mass is 9.98. The van der Waals surface area contributed by atoms with Gasteiger partial charge in [-0.25, -0.2) is 8.78 Å². The van der Waals surface area contributed by atoms with Crippen LogP contribution in [0, 0.1) is 11.6 Å². The summed E-state index contributed by atoms with van der Waals surface area (Å²) in [6.45, 7) is 0.720. The fraction of sp³-hybridized carbons (Fsp3) is 0.143. The summed E-state index contributed by atoms with van der Waals surface area (Å²) < 4.78 is 26.1. The van der Waals surface area contributed by atoms with Crippen LogP contribution in [0.3, 0.4) is 0 Å². The summed E-state index contributed by atoms with van der Waals surface area (Å²) in [4.78, 5) is 0. The highest BCUT2D eigenvalue weighted by Crippen LogP contribution is 2.31. The molecule has 1 nitrogen and oxygen atoms in total. The molecule has 1 aliphatic heterocycles. The molecule has 0 aliphatic carbocycles. The summed E-state index contributed by atoms with van der Waals surface area (Å²) in [5.41, 5.74) is 2.99. The summed E-state index contributed by atoms with van der Waals surface area (Å²) in [7, 11) is 0. The number of nitrogens with one attached hydrogen (secondary N) is 1. The van der Waals surface area contributed by atoms with Crippen LogP contribution in [0.2, 0.25) is 0 Å². The van der Waals surface area contributed by atoms with E-state index in [-0.39, 0.29) is 17.7 Å². The lowest BCUT2D eigenvalue weighted by Crippen LogP contribution is -2.13. The number of hydrogen-bond donors (Lipinski definition) is 1. The maximum atomic E-state index is 13.2. The zero-order valence-electron chi connectivity index (χ0n) is 9.08. The van der Waals surface area contributed by atoms with Gasteiger partial charge in [0.1, 0.15) is 11.6 Å². The van der Waals surface area contributed by atoms with Gasteiger partial charge < -0.3 is 5.32 Å². The van der Waals surface area contributed by atoms with E-state index in [0.717, 1.165) is 23.2 Å². The van der Waals surface area contributed by atoms with Crippen molar-refractivity contribution < 1.29 is 8.78 Å². The number of rotatable bonds is 1. The van der Waals surface area contributed by atoms with Crippen molar-refractivity contribution in [3.05, 3.63) is 70.8 Å². The van der Waals surface area contributed by atoms with Crippen molar-refractivity contribution in [3.8, 4) is 0 Å². The maximum absolute atomic E-state index is 13.2. The van der Waals surface area contributed by atoms with E-state index in [9.17, 15) is 8.78 Å². The second kappa shape index (κ2) is 3.93. The van der Waals surface area contributed by atoms with Gasteiger partial charge in [-0.1, -0.05) is 18.2 Å². The van der Waals surface area contributed by atoms with Gasteiger partial charge in [-0.05, 0) is 41.0 Å². The Morgan fingerprint density at radius 1 is 0.941 bits per heavy atom. The van der Waals surface area contributed by atoms with Crippen LogP contribution in [0.15, 0.2) is 42.5 Å². The molecule has 3 heteroatoms. The molecule has 0 amide bonds. The molecule has 0 saturated carbocycles. The smallest absolute Gasteiger partial charge is 0.123 e. The molecule has 2 aromatic rings. The van der Waals surface area contributed by atoms with Gasteiger partial charge in [0.05, 0.1) is 6.04 Å². The third kappa shape index (κ3) is 1.83. The Morgan fingerprint density at radius 3 is 2.41 bits per heavy atom.